The monoisotopic (exact) mass is 325 g/mol. The van der Waals surface area contributed by atoms with Crippen LogP contribution in [0.25, 0.3) is 0 Å². The molecule has 0 fully saturated rings. The number of hydrogen-bond donors (Lipinski definition) is 1. The van der Waals surface area contributed by atoms with Gasteiger partial charge in [0.25, 0.3) is 5.91 Å². The highest BCUT2D eigenvalue weighted by molar-refractivity contribution is 9.10. The first-order valence-electron chi connectivity index (χ1n) is 5.15. The van der Waals surface area contributed by atoms with Crippen LogP contribution in [-0.4, -0.2) is 15.8 Å². The van der Waals surface area contributed by atoms with Crippen LogP contribution >= 0.6 is 15.9 Å². The predicted octanol–water partition coefficient (Wildman–Crippen LogP) is 2.91. The number of hydrogen-bond acceptors (Lipinski definition) is 5. The van der Waals surface area contributed by atoms with E-state index in [0.29, 0.717) is 10.3 Å². The lowest BCUT2D eigenvalue weighted by molar-refractivity contribution is -0.402. The fraction of sp³-hybridized carbons (Fsp3) is 0.0909. The molecule has 0 saturated carbocycles. The van der Waals surface area contributed by atoms with Crippen molar-refractivity contribution in [2.24, 2.45) is 0 Å². The molecule has 2 aromatic rings. The Morgan fingerprint density at radius 2 is 2.26 bits per heavy atom. The SMILES string of the molecule is Cc1cc(NC(=O)c2ccc([N+](=O)[O-])o2)cnc1Br. The number of nitro groups is 1. The fourth-order valence-electron chi connectivity index (χ4n) is 1.37. The molecule has 0 spiro atoms. The molecular formula is C11H8BrN3O4. The topological polar surface area (TPSA) is 98.3 Å². The number of carbonyl (C=O) groups excluding carboxylic acids is 1. The van der Waals surface area contributed by atoms with Crippen molar-refractivity contribution in [2.45, 2.75) is 6.92 Å². The number of amides is 1. The third kappa shape index (κ3) is 2.97. The number of pyridine rings is 1. The summed E-state index contributed by atoms with van der Waals surface area (Å²) >= 11 is 3.24. The first-order chi connectivity index (χ1) is 8.97. The van der Waals surface area contributed by atoms with Gasteiger partial charge in [0.2, 0.25) is 0 Å². The van der Waals surface area contributed by atoms with Crippen molar-refractivity contribution in [1.82, 2.24) is 4.98 Å². The number of carbonyl (C=O) groups is 1. The molecular weight excluding hydrogens is 318 g/mol. The Hall–Kier alpha value is -2.22. The minimum atomic E-state index is -0.706. The van der Waals surface area contributed by atoms with Crippen LogP contribution in [-0.2, 0) is 0 Å². The van der Waals surface area contributed by atoms with Crippen LogP contribution in [0.3, 0.4) is 0 Å². The van der Waals surface area contributed by atoms with Crippen LogP contribution in [0.4, 0.5) is 11.6 Å². The van der Waals surface area contributed by atoms with Crippen molar-refractivity contribution >= 4 is 33.4 Å². The van der Waals surface area contributed by atoms with Gasteiger partial charge in [0.15, 0.2) is 5.76 Å². The Morgan fingerprint density at radius 3 is 2.84 bits per heavy atom. The van der Waals surface area contributed by atoms with Crippen LogP contribution in [0, 0.1) is 17.0 Å². The molecule has 1 N–H and O–H groups in total. The highest BCUT2D eigenvalue weighted by atomic mass is 79.9. The number of nitrogens with zero attached hydrogens (tertiary/aromatic N) is 2. The number of rotatable bonds is 3. The summed E-state index contributed by atoms with van der Waals surface area (Å²) in [5.74, 6) is -1.18. The first-order valence-corrected chi connectivity index (χ1v) is 5.94. The molecule has 98 valence electrons. The van der Waals surface area contributed by atoms with Crippen molar-refractivity contribution < 1.29 is 14.1 Å². The Morgan fingerprint density at radius 1 is 1.53 bits per heavy atom. The number of halogens is 1. The molecule has 0 aliphatic heterocycles. The van der Waals surface area contributed by atoms with Crippen LogP contribution in [0.2, 0.25) is 0 Å². The Bertz CT molecular complexity index is 653. The lowest BCUT2D eigenvalue weighted by Crippen LogP contribution is -2.11. The Labute approximate surface area is 115 Å². The average Bonchev–Trinajstić information content (AvgIpc) is 2.83. The van der Waals surface area contributed by atoms with Crippen LogP contribution in [0.15, 0.2) is 33.4 Å². The van der Waals surface area contributed by atoms with E-state index in [4.69, 9.17) is 4.42 Å². The third-order valence-corrected chi connectivity index (χ3v) is 3.10. The summed E-state index contributed by atoms with van der Waals surface area (Å²) in [6.45, 7) is 1.82. The van der Waals surface area contributed by atoms with Gasteiger partial charge in [-0.25, -0.2) is 4.98 Å². The molecule has 0 atom stereocenters. The number of nitrogens with one attached hydrogen (secondary N) is 1. The summed E-state index contributed by atoms with van der Waals surface area (Å²) in [5, 5.41) is 13.0. The molecule has 1 amide bonds. The van der Waals surface area contributed by atoms with Crippen LogP contribution in [0.5, 0.6) is 0 Å². The smallest absolute Gasteiger partial charge is 0.395 e. The molecule has 19 heavy (non-hydrogen) atoms. The minimum absolute atomic E-state index is 0.132. The summed E-state index contributed by atoms with van der Waals surface area (Å²) in [6.07, 6.45) is 1.46. The second-order valence-corrected chi connectivity index (χ2v) is 4.43. The summed E-state index contributed by atoms with van der Waals surface area (Å²) < 4.78 is 5.47. The average molecular weight is 326 g/mol. The Balaban J connectivity index is 2.15. The fourth-order valence-corrected chi connectivity index (χ4v) is 1.58. The van der Waals surface area contributed by atoms with E-state index in [-0.39, 0.29) is 5.76 Å². The number of aryl methyl sites for hydroxylation is 1. The molecule has 0 aliphatic rings. The third-order valence-electron chi connectivity index (χ3n) is 2.27. The maximum atomic E-state index is 11.8. The molecule has 2 rings (SSSR count). The molecule has 0 bridgehead atoms. The molecule has 0 aliphatic carbocycles. The van der Waals surface area contributed by atoms with E-state index in [1.165, 1.54) is 12.3 Å². The minimum Gasteiger partial charge on any atom is -0.395 e. The van der Waals surface area contributed by atoms with Crippen molar-refractivity contribution in [2.75, 3.05) is 5.32 Å². The molecule has 0 unspecified atom stereocenters. The van der Waals surface area contributed by atoms with E-state index >= 15 is 0 Å². The van der Waals surface area contributed by atoms with Crippen molar-refractivity contribution in [1.29, 1.82) is 0 Å². The summed E-state index contributed by atoms with van der Waals surface area (Å²) in [5.41, 5.74) is 1.33. The molecule has 2 aromatic heterocycles. The number of aromatic nitrogens is 1. The maximum absolute atomic E-state index is 11.8. The molecule has 0 radical (unpaired) electrons. The van der Waals surface area contributed by atoms with Gasteiger partial charge in [0.1, 0.15) is 9.53 Å². The summed E-state index contributed by atoms with van der Waals surface area (Å²) in [4.78, 5) is 25.5. The molecule has 7 nitrogen and oxygen atoms in total. The van der Waals surface area contributed by atoms with Gasteiger partial charge < -0.3 is 9.73 Å². The van der Waals surface area contributed by atoms with Gasteiger partial charge in [-0.15, -0.1) is 0 Å². The van der Waals surface area contributed by atoms with Gasteiger partial charge in [0, 0.05) is 0 Å². The predicted molar refractivity (Wildman–Crippen MR) is 70.0 cm³/mol. The number of furan rings is 1. The van der Waals surface area contributed by atoms with Gasteiger partial charge >= 0.3 is 5.88 Å². The maximum Gasteiger partial charge on any atom is 0.433 e. The van der Waals surface area contributed by atoms with Gasteiger partial charge in [-0.3, -0.25) is 14.9 Å². The van der Waals surface area contributed by atoms with Gasteiger partial charge in [-0.05, 0) is 40.5 Å². The van der Waals surface area contributed by atoms with Crippen molar-refractivity contribution in [3.05, 3.63) is 50.4 Å². The summed E-state index contributed by atoms with van der Waals surface area (Å²) in [7, 11) is 0. The first kappa shape index (κ1) is 13.2. The largest absolute Gasteiger partial charge is 0.433 e. The second kappa shape index (κ2) is 5.19. The van der Waals surface area contributed by atoms with E-state index in [0.717, 1.165) is 11.6 Å². The highest BCUT2D eigenvalue weighted by Gasteiger charge is 2.17. The zero-order valence-electron chi connectivity index (χ0n) is 9.71. The molecule has 0 saturated heterocycles. The van der Waals surface area contributed by atoms with E-state index < -0.39 is 16.7 Å². The van der Waals surface area contributed by atoms with Gasteiger partial charge in [-0.1, -0.05) is 0 Å². The second-order valence-electron chi connectivity index (χ2n) is 3.68. The van der Waals surface area contributed by atoms with Gasteiger partial charge in [0.05, 0.1) is 18.0 Å². The lowest BCUT2D eigenvalue weighted by atomic mass is 10.3. The van der Waals surface area contributed by atoms with Crippen LogP contribution in [0.1, 0.15) is 16.1 Å². The lowest BCUT2D eigenvalue weighted by Gasteiger charge is -2.04. The van der Waals surface area contributed by atoms with Crippen molar-refractivity contribution in [3.63, 3.8) is 0 Å². The highest BCUT2D eigenvalue weighted by Crippen LogP contribution is 2.19. The normalized spacial score (nSPS) is 10.2. The molecule has 0 aromatic carbocycles. The van der Waals surface area contributed by atoms with Crippen molar-refractivity contribution in [3.8, 4) is 0 Å². The number of anilines is 1. The summed E-state index contributed by atoms with van der Waals surface area (Å²) in [6, 6.07) is 4.08. The van der Waals surface area contributed by atoms with E-state index in [9.17, 15) is 14.9 Å². The Kier molecular flexibility index (Phi) is 3.61. The zero-order chi connectivity index (χ0) is 14.0. The quantitative estimate of drug-likeness (QED) is 0.531. The zero-order valence-corrected chi connectivity index (χ0v) is 11.3. The van der Waals surface area contributed by atoms with E-state index in [2.05, 4.69) is 26.2 Å². The van der Waals surface area contributed by atoms with Gasteiger partial charge in [-0.2, -0.15) is 0 Å². The van der Waals surface area contributed by atoms with E-state index in [1.807, 2.05) is 6.92 Å². The van der Waals surface area contributed by atoms with E-state index in [1.54, 1.807) is 6.07 Å². The molecule has 2 heterocycles. The molecule has 8 heteroatoms. The standard InChI is InChI=1S/C11H8BrN3O4/c1-6-4-7(5-13-10(6)12)14-11(16)8-2-3-9(19-8)15(17)18/h2-5H,1H3,(H,14,16). The van der Waals surface area contributed by atoms with Crippen LogP contribution < -0.4 is 5.32 Å².